The van der Waals surface area contributed by atoms with Gasteiger partial charge in [0.15, 0.2) is 0 Å². The van der Waals surface area contributed by atoms with Crippen LogP contribution in [0.4, 0.5) is 0 Å². The highest BCUT2D eigenvalue weighted by Crippen LogP contribution is 2.30. The molecule has 1 atom stereocenters. The summed E-state index contributed by atoms with van der Waals surface area (Å²) in [5, 5.41) is 9.76. The van der Waals surface area contributed by atoms with E-state index in [2.05, 4.69) is 29.2 Å². The number of hydrogen-bond acceptors (Lipinski definition) is 4. The average molecular weight is 313 g/mol. The molecule has 2 heterocycles. The Hall–Kier alpha value is -0.910. The smallest absolute Gasteiger partial charge is 0.130 e. The number of nitrogens with one attached hydrogen (secondary N) is 1. The summed E-state index contributed by atoms with van der Waals surface area (Å²) in [6, 6.07) is 0.242. The molecular formula is C14H21ClN4S. The van der Waals surface area contributed by atoms with Crippen molar-refractivity contribution in [3.8, 4) is 0 Å². The van der Waals surface area contributed by atoms with Crippen LogP contribution in [0.5, 0.6) is 0 Å². The fourth-order valence-corrected chi connectivity index (χ4v) is 3.74. The zero-order valence-electron chi connectivity index (χ0n) is 12.6. The van der Waals surface area contributed by atoms with E-state index in [9.17, 15) is 0 Å². The van der Waals surface area contributed by atoms with Crippen LogP contribution < -0.4 is 5.32 Å². The highest BCUT2D eigenvalue weighted by Gasteiger charge is 2.21. The molecule has 0 saturated carbocycles. The van der Waals surface area contributed by atoms with E-state index in [1.54, 1.807) is 16.0 Å². The molecule has 0 amide bonds. The third kappa shape index (κ3) is 3.05. The van der Waals surface area contributed by atoms with Gasteiger partial charge in [0.1, 0.15) is 5.15 Å². The number of likely N-dealkylation sites (N-methyl/N-ethyl adjacent to an activating group) is 1. The Morgan fingerprint density at radius 1 is 1.30 bits per heavy atom. The molecule has 0 saturated heterocycles. The molecule has 0 spiro atoms. The molecule has 20 heavy (non-hydrogen) atoms. The molecule has 110 valence electrons. The van der Waals surface area contributed by atoms with Gasteiger partial charge >= 0.3 is 0 Å². The Labute approximate surface area is 129 Å². The van der Waals surface area contributed by atoms with E-state index in [0.29, 0.717) is 0 Å². The van der Waals surface area contributed by atoms with Gasteiger partial charge in [-0.3, -0.25) is 4.68 Å². The van der Waals surface area contributed by atoms with Gasteiger partial charge in [0, 0.05) is 23.5 Å². The molecule has 0 aromatic carbocycles. The maximum Gasteiger partial charge on any atom is 0.130 e. The largest absolute Gasteiger partial charge is 0.309 e. The van der Waals surface area contributed by atoms with Crippen LogP contribution in [0.15, 0.2) is 0 Å². The van der Waals surface area contributed by atoms with Crippen LogP contribution in [0.25, 0.3) is 0 Å². The Morgan fingerprint density at radius 2 is 2.00 bits per heavy atom. The monoisotopic (exact) mass is 312 g/mol. The lowest BCUT2D eigenvalue weighted by atomic mass is 10.0. The molecule has 2 rings (SSSR count). The van der Waals surface area contributed by atoms with Crippen LogP contribution in [-0.2, 0) is 13.5 Å². The van der Waals surface area contributed by atoms with Gasteiger partial charge in [-0.1, -0.05) is 18.5 Å². The standard InChI is InChI=1S/C14H21ClN4S/c1-6-16-12(13-9(3)17-10(4)20-13)7-11-8(2)18-19(5)14(11)15/h12,16H,6-7H2,1-5H3. The van der Waals surface area contributed by atoms with Crippen molar-refractivity contribution in [3.63, 3.8) is 0 Å². The van der Waals surface area contributed by atoms with E-state index < -0.39 is 0 Å². The highest BCUT2D eigenvalue weighted by molar-refractivity contribution is 7.11. The van der Waals surface area contributed by atoms with Gasteiger partial charge in [-0.2, -0.15) is 5.10 Å². The van der Waals surface area contributed by atoms with Gasteiger partial charge in [-0.05, 0) is 33.7 Å². The minimum atomic E-state index is 0.242. The summed E-state index contributed by atoms with van der Waals surface area (Å²) in [6.45, 7) is 9.16. The molecule has 0 radical (unpaired) electrons. The van der Waals surface area contributed by atoms with Crippen LogP contribution in [0.2, 0.25) is 5.15 Å². The number of aryl methyl sites for hydroxylation is 4. The van der Waals surface area contributed by atoms with E-state index in [-0.39, 0.29) is 6.04 Å². The number of halogens is 1. The second-order valence-electron chi connectivity index (χ2n) is 4.98. The summed E-state index contributed by atoms with van der Waals surface area (Å²) in [6.07, 6.45) is 0.842. The molecule has 6 heteroatoms. The first kappa shape index (κ1) is 15.5. The zero-order chi connectivity index (χ0) is 14.9. The van der Waals surface area contributed by atoms with Crippen molar-refractivity contribution in [2.75, 3.05) is 6.54 Å². The number of rotatable bonds is 5. The first-order chi connectivity index (χ1) is 9.43. The molecule has 0 aliphatic carbocycles. The van der Waals surface area contributed by atoms with E-state index in [0.717, 1.165) is 40.1 Å². The first-order valence-corrected chi connectivity index (χ1v) is 7.98. The van der Waals surface area contributed by atoms with E-state index in [1.165, 1.54) is 4.88 Å². The fourth-order valence-electron chi connectivity index (χ4n) is 2.48. The molecule has 4 nitrogen and oxygen atoms in total. The Balaban J connectivity index is 2.32. The quantitative estimate of drug-likeness (QED) is 0.920. The third-order valence-electron chi connectivity index (χ3n) is 3.38. The summed E-state index contributed by atoms with van der Waals surface area (Å²) in [5.41, 5.74) is 3.22. The zero-order valence-corrected chi connectivity index (χ0v) is 14.2. The van der Waals surface area contributed by atoms with E-state index in [1.807, 2.05) is 20.9 Å². The summed E-state index contributed by atoms with van der Waals surface area (Å²) in [7, 11) is 1.88. The topological polar surface area (TPSA) is 42.7 Å². The van der Waals surface area contributed by atoms with Gasteiger partial charge < -0.3 is 5.32 Å². The van der Waals surface area contributed by atoms with Crippen LogP contribution in [0, 0.1) is 20.8 Å². The van der Waals surface area contributed by atoms with Crippen molar-refractivity contribution in [1.29, 1.82) is 0 Å². The minimum Gasteiger partial charge on any atom is -0.309 e. The molecule has 1 unspecified atom stereocenters. The van der Waals surface area contributed by atoms with Crippen molar-refractivity contribution >= 4 is 22.9 Å². The predicted molar refractivity (Wildman–Crippen MR) is 84.7 cm³/mol. The van der Waals surface area contributed by atoms with Crippen LogP contribution in [-0.4, -0.2) is 21.3 Å². The Kier molecular flexibility index (Phi) is 4.83. The van der Waals surface area contributed by atoms with Crippen LogP contribution in [0.1, 0.15) is 39.8 Å². The summed E-state index contributed by atoms with van der Waals surface area (Å²) < 4.78 is 1.74. The van der Waals surface area contributed by atoms with Gasteiger partial charge in [0.2, 0.25) is 0 Å². The minimum absolute atomic E-state index is 0.242. The normalized spacial score (nSPS) is 12.9. The molecule has 0 fully saturated rings. The van der Waals surface area contributed by atoms with Crippen molar-refractivity contribution in [3.05, 3.63) is 32.0 Å². The lowest BCUT2D eigenvalue weighted by Gasteiger charge is -2.17. The lowest BCUT2D eigenvalue weighted by Crippen LogP contribution is -2.23. The SMILES string of the molecule is CCNC(Cc1c(C)nn(C)c1Cl)c1sc(C)nc1C. The second-order valence-corrected chi connectivity index (χ2v) is 6.57. The third-order valence-corrected chi connectivity index (χ3v) is 5.04. The predicted octanol–water partition coefficient (Wildman–Crippen LogP) is 3.35. The second kappa shape index (κ2) is 6.24. The van der Waals surface area contributed by atoms with Crippen molar-refractivity contribution < 1.29 is 0 Å². The first-order valence-electron chi connectivity index (χ1n) is 6.79. The molecule has 0 bridgehead atoms. The Bertz CT molecular complexity index is 603. The van der Waals surface area contributed by atoms with Crippen molar-refractivity contribution in [2.45, 2.75) is 40.2 Å². The summed E-state index contributed by atoms with van der Waals surface area (Å²) >= 11 is 8.11. The molecule has 2 aromatic rings. The molecule has 2 aromatic heterocycles. The highest BCUT2D eigenvalue weighted by atomic mass is 35.5. The number of thiazole rings is 1. The van der Waals surface area contributed by atoms with Crippen LogP contribution in [0.3, 0.4) is 0 Å². The molecule has 0 aliphatic rings. The van der Waals surface area contributed by atoms with Crippen molar-refractivity contribution in [1.82, 2.24) is 20.1 Å². The molecule has 1 N–H and O–H groups in total. The maximum absolute atomic E-state index is 6.35. The van der Waals surface area contributed by atoms with Gasteiger partial charge in [0.05, 0.1) is 16.4 Å². The summed E-state index contributed by atoms with van der Waals surface area (Å²) in [4.78, 5) is 5.83. The number of hydrogen-bond donors (Lipinski definition) is 1. The molecular weight excluding hydrogens is 292 g/mol. The van der Waals surface area contributed by atoms with Crippen molar-refractivity contribution in [2.24, 2.45) is 7.05 Å². The number of nitrogens with zero attached hydrogens (tertiary/aromatic N) is 3. The lowest BCUT2D eigenvalue weighted by molar-refractivity contribution is 0.553. The van der Waals surface area contributed by atoms with Gasteiger partial charge in [-0.15, -0.1) is 11.3 Å². The van der Waals surface area contributed by atoms with E-state index in [4.69, 9.17) is 11.6 Å². The number of aromatic nitrogens is 3. The summed E-state index contributed by atoms with van der Waals surface area (Å²) in [5.74, 6) is 0. The van der Waals surface area contributed by atoms with Gasteiger partial charge in [0.25, 0.3) is 0 Å². The maximum atomic E-state index is 6.35. The van der Waals surface area contributed by atoms with Crippen LogP contribution >= 0.6 is 22.9 Å². The fraction of sp³-hybridized carbons (Fsp3) is 0.571. The van der Waals surface area contributed by atoms with E-state index >= 15 is 0 Å². The molecule has 0 aliphatic heterocycles. The average Bonchev–Trinajstić information content (AvgIpc) is 2.82. The van der Waals surface area contributed by atoms with Gasteiger partial charge in [-0.25, -0.2) is 4.98 Å². The Morgan fingerprint density at radius 3 is 2.45 bits per heavy atom.